The summed E-state index contributed by atoms with van der Waals surface area (Å²) in [4.78, 5) is 28.0. The summed E-state index contributed by atoms with van der Waals surface area (Å²) in [5, 5.41) is 11.1. The first-order chi connectivity index (χ1) is 9.90. The van der Waals surface area contributed by atoms with E-state index in [9.17, 15) is 14.9 Å². The van der Waals surface area contributed by atoms with Crippen LogP contribution in [0.15, 0.2) is 17.1 Å². The molecule has 0 amide bonds. The number of carbonyl (C=O) groups is 1. The van der Waals surface area contributed by atoms with Gasteiger partial charge in [-0.2, -0.15) is 0 Å². The molecule has 0 aliphatic carbocycles. The Balaban J connectivity index is 3.47. The Morgan fingerprint density at radius 2 is 2.14 bits per heavy atom. The first-order valence-electron chi connectivity index (χ1n) is 6.14. The Labute approximate surface area is 122 Å². The maximum absolute atomic E-state index is 11.7. The molecule has 0 aliphatic heterocycles. The maximum atomic E-state index is 11.7. The van der Waals surface area contributed by atoms with Crippen molar-refractivity contribution in [3.8, 4) is 5.75 Å². The molecular formula is C13H17N3O5. The topological polar surface area (TPSA) is 94.3 Å². The van der Waals surface area contributed by atoms with Crippen molar-refractivity contribution in [1.82, 2.24) is 4.90 Å². The number of aliphatic imine (C=N–C) groups is 1. The molecule has 0 N–H and O–H groups in total. The lowest BCUT2D eigenvalue weighted by Gasteiger charge is -2.09. The van der Waals surface area contributed by atoms with Crippen LogP contribution in [0.4, 0.5) is 11.4 Å². The lowest BCUT2D eigenvalue weighted by molar-refractivity contribution is -0.385. The van der Waals surface area contributed by atoms with E-state index in [0.29, 0.717) is 0 Å². The molecule has 0 bridgehead atoms. The molecule has 21 heavy (non-hydrogen) atoms. The predicted molar refractivity (Wildman–Crippen MR) is 77.4 cm³/mol. The highest BCUT2D eigenvalue weighted by molar-refractivity contribution is 5.97. The third-order valence-corrected chi connectivity index (χ3v) is 2.41. The molecule has 8 heteroatoms. The van der Waals surface area contributed by atoms with Crippen molar-refractivity contribution in [1.29, 1.82) is 0 Å². The van der Waals surface area contributed by atoms with E-state index in [1.165, 1.54) is 19.5 Å². The summed E-state index contributed by atoms with van der Waals surface area (Å²) < 4.78 is 9.86. The number of nitrogens with zero attached hydrogens (tertiary/aromatic N) is 3. The van der Waals surface area contributed by atoms with Crippen molar-refractivity contribution in [3.05, 3.63) is 27.8 Å². The molecule has 0 fully saturated rings. The quantitative estimate of drug-likeness (QED) is 0.262. The molecule has 8 nitrogen and oxygen atoms in total. The summed E-state index contributed by atoms with van der Waals surface area (Å²) in [6, 6.07) is 2.47. The van der Waals surface area contributed by atoms with Crippen LogP contribution >= 0.6 is 0 Å². The molecule has 114 valence electrons. The minimum absolute atomic E-state index is 0.00533. The number of hydrogen-bond donors (Lipinski definition) is 0. The van der Waals surface area contributed by atoms with Crippen LogP contribution in [0.3, 0.4) is 0 Å². The van der Waals surface area contributed by atoms with Crippen molar-refractivity contribution >= 4 is 23.7 Å². The summed E-state index contributed by atoms with van der Waals surface area (Å²) in [6.45, 7) is 1.97. The molecule has 0 atom stereocenters. The zero-order chi connectivity index (χ0) is 16.0. The van der Waals surface area contributed by atoms with Crippen molar-refractivity contribution in [2.45, 2.75) is 6.92 Å². The highest BCUT2D eigenvalue weighted by Gasteiger charge is 2.23. The van der Waals surface area contributed by atoms with Crippen LogP contribution in [-0.4, -0.2) is 49.9 Å². The van der Waals surface area contributed by atoms with Gasteiger partial charge in [0.15, 0.2) is 5.75 Å². The predicted octanol–water partition coefficient (Wildman–Crippen LogP) is 2.00. The van der Waals surface area contributed by atoms with Crippen molar-refractivity contribution in [3.63, 3.8) is 0 Å². The van der Waals surface area contributed by atoms with E-state index in [1.54, 1.807) is 25.9 Å². The van der Waals surface area contributed by atoms with Gasteiger partial charge in [0.1, 0.15) is 0 Å². The standard InChI is InChI=1S/C13H17N3O5/c1-5-21-12-7-10(14-8-15(2)3)9(13(17)20-4)6-11(12)16(18)19/h6-8H,5H2,1-4H3. The van der Waals surface area contributed by atoms with Gasteiger partial charge in [-0.25, -0.2) is 9.79 Å². The second kappa shape index (κ2) is 7.22. The van der Waals surface area contributed by atoms with Gasteiger partial charge in [0.05, 0.1) is 36.2 Å². The third kappa shape index (κ3) is 4.16. The Morgan fingerprint density at radius 3 is 2.62 bits per heavy atom. The fourth-order valence-corrected chi connectivity index (χ4v) is 1.53. The largest absolute Gasteiger partial charge is 0.487 e. The summed E-state index contributed by atoms with van der Waals surface area (Å²) >= 11 is 0. The molecule has 0 heterocycles. The number of ether oxygens (including phenoxy) is 2. The molecule has 0 spiro atoms. The first kappa shape index (κ1) is 16.4. The van der Waals surface area contributed by atoms with Crippen LogP contribution in [-0.2, 0) is 4.74 Å². The normalized spacial score (nSPS) is 10.5. The number of esters is 1. The lowest BCUT2D eigenvalue weighted by Crippen LogP contribution is -2.08. The number of methoxy groups -OCH3 is 1. The molecular weight excluding hydrogens is 278 g/mol. The van der Waals surface area contributed by atoms with E-state index >= 15 is 0 Å². The summed E-state index contributed by atoms with van der Waals surface area (Å²) in [5.74, 6) is -0.645. The Bertz CT molecular complexity index is 569. The van der Waals surface area contributed by atoms with E-state index in [1.807, 2.05) is 0 Å². The van der Waals surface area contributed by atoms with Gasteiger partial charge in [-0.05, 0) is 6.92 Å². The van der Waals surface area contributed by atoms with Gasteiger partial charge in [0.25, 0.3) is 0 Å². The van der Waals surface area contributed by atoms with E-state index < -0.39 is 10.9 Å². The molecule has 0 radical (unpaired) electrons. The average Bonchev–Trinajstić information content (AvgIpc) is 2.44. The monoisotopic (exact) mass is 295 g/mol. The molecule has 0 unspecified atom stereocenters. The molecule has 1 rings (SSSR count). The van der Waals surface area contributed by atoms with Crippen LogP contribution in [0.25, 0.3) is 0 Å². The van der Waals surface area contributed by atoms with E-state index in [-0.39, 0.29) is 29.3 Å². The SMILES string of the molecule is CCOc1cc(N=CN(C)C)c(C(=O)OC)cc1[N+](=O)[O-]. The van der Waals surface area contributed by atoms with Gasteiger partial charge < -0.3 is 14.4 Å². The second-order valence-corrected chi connectivity index (χ2v) is 4.23. The zero-order valence-electron chi connectivity index (χ0n) is 12.3. The van der Waals surface area contributed by atoms with Crippen LogP contribution in [0.5, 0.6) is 5.75 Å². The van der Waals surface area contributed by atoms with Gasteiger partial charge in [-0.1, -0.05) is 0 Å². The van der Waals surface area contributed by atoms with Crippen molar-refractivity contribution in [2.24, 2.45) is 4.99 Å². The van der Waals surface area contributed by atoms with Gasteiger partial charge in [0, 0.05) is 26.2 Å². The van der Waals surface area contributed by atoms with Crippen LogP contribution in [0.2, 0.25) is 0 Å². The Hall–Kier alpha value is -2.64. The average molecular weight is 295 g/mol. The first-order valence-corrected chi connectivity index (χ1v) is 6.14. The number of nitro benzene ring substituents is 1. The second-order valence-electron chi connectivity index (χ2n) is 4.23. The summed E-state index contributed by atoms with van der Waals surface area (Å²) in [7, 11) is 4.72. The maximum Gasteiger partial charge on any atom is 0.340 e. The third-order valence-electron chi connectivity index (χ3n) is 2.41. The molecule has 0 aliphatic rings. The Morgan fingerprint density at radius 1 is 1.48 bits per heavy atom. The van der Waals surface area contributed by atoms with Crippen molar-refractivity contribution < 1.29 is 19.2 Å². The number of rotatable bonds is 6. The Kier molecular flexibility index (Phi) is 5.65. The zero-order valence-corrected chi connectivity index (χ0v) is 12.3. The molecule has 0 saturated heterocycles. The van der Waals surface area contributed by atoms with Gasteiger partial charge in [-0.15, -0.1) is 0 Å². The van der Waals surface area contributed by atoms with Gasteiger partial charge >= 0.3 is 11.7 Å². The minimum atomic E-state index is -0.702. The summed E-state index contributed by atoms with van der Waals surface area (Å²) in [6.07, 6.45) is 1.48. The summed E-state index contributed by atoms with van der Waals surface area (Å²) in [5.41, 5.74) is -0.0589. The number of hydrogen-bond acceptors (Lipinski definition) is 6. The van der Waals surface area contributed by atoms with E-state index in [4.69, 9.17) is 4.74 Å². The fourth-order valence-electron chi connectivity index (χ4n) is 1.53. The smallest absolute Gasteiger partial charge is 0.340 e. The number of benzene rings is 1. The number of carbonyl (C=O) groups excluding carboxylic acids is 1. The van der Waals surface area contributed by atoms with Gasteiger partial charge in [0.2, 0.25) is 0 Å². The molecule has 1 aromatic rings. The van der Waals surface area contributed by atoms with Crippen LogP contribution < -0.4 is 4.74 Å². The highest BCUT2D eigenvalue weighted by atomic mass is 16.6. The molecule has 1 aromatic carbocycles. The molecule has 0 saturated carbocycles. The van der Waals surface area contributed by atoms with E-state index in [0.717, 1.165) is 6.07 Å². The van der Waals surface area contributed by atoms with Crippen molar-refractivity contribution in [2.75, 3.05) is 27.8 Å². The number of nitro groups is 1. The minimum Gasteiger partial charge on any atom is -0.487 e. The highest BCUT2D eigenvalue weighted by Crippen LogP contribution is 2.35. The van der Waals surface area contributed by atoms with E-state index in [2.05, 4.69) is 9.73 Å². The van der Waals surface area contributed by atoms with Gasteiger partial charge in [-0.3, -0.25) is 10.1 Å². The van der Waals surface area contributed by atoms with Crippen LogP contribution in [0, 0.1) is 10.1 Å². The van der Waals surface area contributed by atoms with Crippen LogP contribution in [0.1, 0.15) is 17.3 Å². The lowest BCUT2D eigenvalue weighted by atomic mass is 10.1. The molecule has 0 aromatic heterocycles. The fraction of sp³-hybridized carbons (Fsp3) is 0.385.